The van der Waals surface area contributed by atoms with Crippen LogP contribution in [0.2, 0.25) is 0 Å². The van der Waals surface area contributed by atoms with Crippen LogP contribution in [-0.4, -0.2) is 48.6 Å². The largest absolute Gasteiger partial charge is 0.317 e. The van der Waals surface area contributed by atoms with E-state index >= 15 is 0 Å². The van der Waals surface area contributed by atoms with Crippen LogP contribution in [0.4, 0.5) is 0 Å². The number of likely N-dealkylation sites (tertiary alicyclic amines) is 1. The van der Waals surface area contributed by atoms with Gasteiger partial charge in [0.15, 0.2) is 0 Å². The van der Waals surface area contributed by atoms with Gasteiger partial charge in [0.05, 0.1) is 0 Å². The van der Waals surface area contributed by atoms with Gasteiger partial charge in [-0.1, -0.05) is 0 Å². The number of rotatable bonds is 2. The van der Waals surface area contributed by atoms with Gasteiger partial charge in [-0.25, -0.2) is 0 Å². The molecule has 0 spiro atoms. The van der Waals surface area contributed by atoms with Crippen LogP contribution in [0.1, 0.15) is 25.7 Å². The van der Waals surface area contributed by atoms with E-state index in [0.717, 1.165) is 12.1 Å². The monoisotopic (exact) mass is 214 g/mol. The molecule has 82 valence electrons. The topological polar surface area (TPSA) is 15.3 Å². The summed E-state index contributed by atoms with van der Waals surface area (Å²) in [6.45, 7) is 2.63. The van der Waals surface area contributed by atoms with Gasteiger partial charge in [0.1, 0.15) is 0 Å². The molecule has 2 aliphatic rings. The molecule has 2 nitrogen and oxygen atoms in total. The molecule has 0 amide bonds. The second kappa shape index (κ2) is 5.38. The summed E-state index contributed by atoms with van der Waals surface area (Å²) in [5.74, 6) is 2.77. The molecule has 1 atom stereocenters. The van der Waals surface area contributed by atoms with Crippen molar-refractivity contribution in [2.75, 3.05) is 31.6 Å². The molecule has 2 heterocycles. The van der Waals surface area contributed by atoms with Crippen molar-refractivity contribution in [2.24, 2.45) is 0 Å². The molecule has 2 rings (SSSR count). The lowest BCUT2D eigenvalue weighted by Crippen LogP contribution is -2.47. The third-order valence-corrected chi connectivity index (χ3v) is 4.79. The highest BCUT2D eigenvalue weighted by atomic mass is 32.2. The van der Waals surface area contributed by atoms with E-state index in [-0.39, 0.29) is 0 Å². The summed E-state index contributed by atoms with van der Waals surface area (Å²) >= 11 is 2.15. The Morgan fingerprint density at radius 3 is 2.57 bits per heavy atom. The molecule has 2 saturated heterocycles. The first kappa shape index (κ1) is 10.8. The number of hydrogen-bond acceptors (Lipinski definition) is 3. The Morgan fingerprint density at radius 1 is 1.21 bits per heavy atom. The van der Waals surface area contributed by atoms with Crippen molar-refractivity contribution in [3.8, 4) is 0 Å². The molecule has 0 saturated carbocycles. The van der Waals surface area contributed by atoms with E-state index in [1.165, 1.54) is 50.3 Å². The summed E-state index contributed by atoms with van der Waals surface area (Å²) in [4.78, 5) is 2.72. The molecule has 0 aromatic heterocycles. The highest BCUT2D eigenvalue weighted by molar-refractivity contribution is 7.99. The summed E-state index contributed by atoms with van der Waals surface area (Å²) in [7, 11) is 2.09. The van der Waals surface area contributed by atoms with Crippen LogP contribution in [0.25, 0.3) is 0 Å². The molecule has 0 bridgehead atoms. The fraction of sp³-hybridized carbons (Fsp3) is 1.00. The van der Waals surface area contributed by atoms with Crippen molar-refractivity contribution in [3.05, 3.63) is 0 Å². The van der Waals surface area contributed by atoms with Crippen molar-refractivity contribution in [3.63, 3.8) is 0 Å². The van der Waals surface area contributed by atoms with Gasteiger partial charge in [0, 0.05) is 17.8 Å². The standard InChI is InChI=1S/C11H22N2S/c1-12-10-4-6-13(7-5-10)11-3-2-8-14-9-11/h10-12H,2-9H2,1H3. The molecular weight excluding hydrogens is 192 g/mol. The minimum Gasteiger partial charge on any atom is -0.317 e. The summed E-state index contributed by atoms with van der Waals surface area (Å²) < 4.78 is 0. The number of nitrogens with zero attached hydrogens (tertiary/aromatic N) is 1. The predicted octanol–water partition coefficient (Wildman–Crippen LogP) is 1.57. The maximum Gasteiger partial charge on any atom is 0.0186 e. The zero-order valence-electron chi connectivity index (χ0n) is 9.17. The molecule has 0 aromatic rings. The predicted molar refractivity (Wildman–Crippen MR) is 64.0 cm³/mol. The fourth-order valence-electron chi connectivity index (χ4n) is 2.56. The van der Waals surface area contributed by atoms with Gasteiger partial charge in [-0.2, -0.15) is 11.8 Å². The third-order valence-electron chi connectivity index (χ3n) is 3.59. The molecule has 0 aromatic carbocycles. The minimum atomic E-state index is 0.780. The van der Waals surface area contributed by atoms with Gasteiger partial charge >= 0.3 is 0 Å². The molecule has 0 radical (unpaired) electrons. The van der Waals surface area contributed by atoms with Crippen LogP contribution in [-0.2, 0) is 0 Å². The average molecular weight is 214 g/mol. The summed E-state index contributed by atoms with van der Waals surface area (Å²) in [6, 6.07) is 1.68. The fourth-order valence-corrected chi connectivity index (χ4v) is 3.75. The van der Waals surface area contributed by atoms with Crippen LogP contribution in [0.5, 0.6) is 0 Å². The van der Waals surface area contributed by atoms with Crippen LogP contribution < -0.4 is 5.32 Å². The number of hydrogen-bond donors (Lipinski definition) is 1. The van der Waals surface area contributed by atoms with E-state index in [2.05, 4.69) is 29.0 Å². The van der Waals surface area contributed by atoms with E-state index in [1.807, 2.05) is 0 Å². The van der Waals surface area contributed by atoms with E-state index in [1.54, 1.807) is 0 Å². The third kappa shape index (κ3) is 2.65. The lowest BCUT2D eigenvalue weighted by Gasteiger charge is -2.39. The first-order chi connectivity index (χ1) is 6.90. The number of piperidine rings is 1. The van der Waals surface area contributed by atoms with Crippen molar-refractivity contribution in [1.82, 2.24) is 10.2 Å². The Hall–Kier alpha value is 0.270. The maximum absolute atomic E-state index is 3.40. The molecule has 0 aliphatic carbocycles. The average Bonchev–Trinajstić information content (AvgIpc) is 2.30. The normalized spacial score (nSPS) is 31.9. The highest BCUT2D eigenvalue weighted by Crippen LogP contribution is 2.24. The van der Waals surface area contributed by atoms with Crippen molar-refractivity contribution < 1.29 is 0 Å². The van der Waals surface area contributed by atoms with Gasteiger partial charge < -0.3 is 5.32 Å². The van der Waals surface area contributed by atoms with E-state index in [0.29, 0.717) is 0 Å². The molecule has 2 aliphatic heterocycles. The minimum absolute atomic E-state index is 0.780. The van der Waals surface area contributed by atoms with E-state index in [4.69, 9.17) is 0 Å². The van der Waals surface area contributed by atoms with Crippen LogP contribution in [0, 0.1) is 0 Å². The van der Waals surface area contributed by atoms with Gasteiger partial charge in [0.25, 0.3) is 0 Å². The van der Waals surface area contributed by atoms with Gasteiger partial charge in [0.2, 0.25) is 0 Å². The lowest BCUT2D eigenvalue weighted by molar-refractivity contribution is 0.149. The van der Waals surface area contributed by atoms with Crippen molar-refractivity contribution in [2.45, 2.75) is 37.8 Å². The SMILES string of the molecule is CNC1CCN(C2CCCSC2)CC1. The van der Waals surface area contributed by atoms with E-state index in [9.17, 15) is 0 Å². The number of thioether (sulfide) groups is 1. The Kier molecular flexibility index (Phi) is 4.14. The second-order valence-corrected chi connectivity index (χ2v) is 5.62. The lowest BCUT2D eigenvalue weighted by atomic mass is 10.0. The Morgan fingerprint density at radius 2 is 2.00 bits per heavy atom. The zero-order valence-corrected chi connectivity index (χ0v) is 9.98. The molecule has 3 heteroatoms. The number of nitrogens with one attached hydrogen (secondary N) is 1. The van der Waals surface area contributed by atoms with Crippen molar-refractivity contribution >= 4 is 11.8 Å². The molecule has 14 heavy (non-hydrogen) atoms. The Balaban J connectivity index is 1.76. The first-order valence-electron chi connectivity index (χ1n) is 5.89. The van der Waals surface area contributed by atoms with Crippen LogP contribution >= 0.6 is 11.8 Å². The quantitative estimate of drug-likeness (QED) is 0.751. The van der Waals surface area contributed by atoms with Crippen LogP contribution in [0.3, 0.4) is 0 Å². The molecule has 1 N–H and O–H groups in total. The Labute approximate surface area is 91.8 Å². The van der Waals surface area contributed by atoms with Gasteiger partial charge in [-0.05, 0) is 51.6 Å². The summed E-state index contributed by atoms with van der Waals surface area (Å²) in [6.07, 6.45) is 5.56. The highest BCUT2D eigenvalue weighted by Gasteiger charge is 2.25. The maximum atomic E-state index is 3.40. The molecular formula is C11H22N2S. The molecule has 1 unspecified atom stereocenters. The second-order valence-electron chi connectivity index (χ2n) is 4.47. The summed E-state index contributed by atoms with van der Waals surface area (Å²) in [5, 5.41) is 3.40. The molecule has 2 fully saturated rings. The van der Waals surface area contributed by atoms with Crippen LogP contribution in [0.15, 0.2) is 0 Å². The smallest absolute Gasteiger partial charge is 0.0186 e. The van der Waals surface area contributed by atoms with Gasteiger partial charge in [-0.15, -0.1) is 0 Å². The van der Waals surface area contributed by atoms with Gasteiger partial charge in [-0.3, -0.25) is 4.90 Å². The summed E-state index contributed by atoms with van der Waals surface area (Å²) in [5.41, 5.74) is 0. The van der Waals surface area contributed by atoms with Crippen molar-refractivity contribution in [1.29, 1.82) is 0 Å². The van der Waals surface area contributed by atoms with E-state index < -0.39 is 0 Å². The first-order valence-corrected chi connectivity index (χ1v) is 7.04. The zero-order chi connectivity index (χ0) is 9.80. The Bertz CT molecular complexity index is 161.